The molecule has 9 heteroatoms. The number of nitrogens with one attached hydrogen (secondary N) is 2. The van der Waals surface area contributed by atoms with Crippen molar-refractivity contribution in [2.45, 2.75) is 31.7 Å². The molecule has 3 rings (SSSR count). The molecule has 9 nitrogen and oxygen atoms in total. The van der Waals surface area contributed by atoms with Gasteiger partial charge >= 0.3 is 5.97 Å². The van der Waals surface area contributed by atoms with Crippen LogP contribution in [0.25, 0.3) is 0 Å². The minimum Gasteiger partial charge on any atom is -0.451 e. The number of ether oxygens (including phenoxy) is 1. The van der Waals surface area contributed by atoms with Gasteiger partial charge in [-0.05, 0) is 25.0 Å². The van der Waals surface area contributed by atoms with Crippen molar-refractivity contribution in [1.29, 1.82) is 0 Å². The Morgan fingerprint density at radius 3 is 2.67 bits per heavy atom. The molecule has 1 aromatic carbocycles. The second-order valence-electron chi connectivity index (χ2n) is 6.38. The maximum atomic E-state index is 12.2. The van der Waals surface area contributed by atoms with Crippen LogP contribution in [0.4, 0.5) is 5.69 Å². The molecule has 0 saturated heterocycles. The van der Waals surface area contributed by atoms with Gasteiger partial charge in [0.15, 0.2) is 6.61 Å². The second-order valence-corrected chi connectivity index (χ2v) is 6.38. The van der Waals surface area contributed by atoms with Gasteiger partial charge in [-0.25, -0.2) is 9.80 Å². The molecule has 1 fully saturated rings. The van der Waals surface area contributed by atoms with E-state index in [-0.39, 0.29) is 36.4 Å². The lowest BCUT2D eigenvalue weighted by molar-refractivity contribution is -0.141. The Morgan fingerprint density at radius 1 is 1.22 bits per heavy atom. The van der Waals surface area contributed by atoms with Crippen molar-refractivity contribution in [3.8, 4) is 0 Å². The highest BCUT2D eigenvalue weighted by Gasteiger charge is 2.26. The number of benzene rings is 1. The van der Waals surface area contributed by atoms with Gasteiger partial charge < -0.3 is 15.4 Å². The van der Waals surface area contributed by atoms with Crippen molar-refractivity contribution in [2.75, 3.05) is 19.0 Å². The van der Waals surface area contributed by atoms with E-state index in [9.17, 15) is 19.2 Å². The van der Waals surface area contributed by atoms with Crippen molar-refractivity contribution >= 4 is 35.1 Å². The zero-order valence-corrected chi connectivity index (χ0v) is 14.9. The summed E-state index contributed by atoms with van der Waals surface area (Å²) >= 11 is 0. The minimum absolute atomic E-state index is 0.0918. The lowest BCUT2D eigenvalue weighted by atomic mass is 10.1. The van der Waals surface area contributed by atoms with Crippen molar-refractivity contribution in [3.05, 3.63) is 29.8 Å². The summed E-state index contributed by atoms with van der Waals surface area (Å²) in [5, 5.41) is 10.4. The highest BCUT2D eigenvalue weighted by molar-refractivity contribution is 6.37. The number of amides is 3. The van der Waals surface area contributed by atoms with Crippen LogP contribution in [-0.4, -0.2) is 54.1 Å². The highest BCUT2D eigenvalue weighted by Crippen LogP contribution is 2.21. The van der Waals surface area contributed by atoms with E-state index in [0.29, 0.717) is 11.3 Å². The summed E-state index contributed by atoms with van der Waals surface area (Å²) in [7, 11) is 1.45. The second kappa shape index (κ2) is 7.98. The molecule has 1 heterocycles. The van der Waals surface area contributed by atoms with E-state index < -0.39 is 18.5 Å². The predicted octanol–water partition coefficient (Wildman–Crippen LogP) is 0.669. The van der Waals surface area contributed by atoms with Crippen LogP contribution in [0.2, 0.25) is 0 Å². The normalized spacial score (nSPS) is 16.4. The number of rotatable bonds is 6. The van der Waals surface area contributed by atoms with Crippen LogP contribution in [0.1, 0.15) is 36.0 Å². The Kier molecular flexibility index (Phi) is 5.49. The van der Waals surface area contributed by atoms with Gasteiger partial charge in [-0.15, -0.1) is 0 Å². The number of para-hydroxylation sites is 1. The first-order valence-corrected chi connectivity index (χ1v) is 8.65. The zero-order chi connectivity index (χ0) is 19.4. The third kappa shape index (κ3) is 4.90. The maximum absolute atomic E-state index is 12.2. The first-order valence-electron chi connectivity index (χ1n) is 8.65. The fourth-order valence-corrected chi connectivity index (χ4v) is 2.50. The molecule has 1 aromatic rings. The fraction of sp³-hybridized carbons (Fsp3) is 0.389. The summed E-state index contributed by atoms with van der Waals surface area (Å²) in [6.45, 7) is -0.520. The van der Waals surface area contributed by atoms with E-state index >= 15 is 0 Å². The summed E-state index contributed by atoms with van der Waals surface area (Å²) in [5.41, 5.74) is 0.784. The molecule has 0 unspecified atom stereocenters. The maximum Gasteiger partial charge on any atom is 0.355 e. The average Bonchev–Trinajstić information content (AvgIpc) is 3.46. The minimum atomic E-state index is -0.746. The van der Waals surface area contributed by atoms with Crippen LogP contribution < -0.4 is 10.6 Å². The van der Waals surface area contributed by atoms with Gasteiger partial charge in [0.25, 0.3) is 11.8 Å². The van der Waals surface area contributed by atoms with Crippen molar-refractivity contribution < 1.29 is 23.9 Å². The third-order valence-corrected chi connectivity index (χ3v) is 4.14. The first kappa shape index (κ1) is 18.6. The molecule has 27 heavy (non-hydrogen) atoms. The molecule has 0 atom stereocenters. The molecule has 3 amide bonds. The predicted molar refractivity (Wildman–Crippen MR) is 96.0 cm³/mol. The van der Waals surface area contributed by atoms with Crippen LogP contribution >= 0.6 is 0 Å². The largest absolute Gasteiger partial charge is 0.451 e. The SMILES string of the molecule is CN1N=C(C(=O)OCC(=O)Nc2ccccc2C(=O)NC2CC2)CCC1=O. The van der Waals surface area contributed by atoms with Gasteiger partial charge in [-0.1, -0.05) is 12.1 Å². The number of nitrogens with zero attached hydrogens (tertiary/aromatic N) is 2. The monoisotopic (exact) mass is 372 g/mol. The molecule has 1 aliphatic heterocycles. The molecule has 142 valence electrons. The standard InChI is InChI=1S/C18H20N4O5/c1-22-16(24)9-8-14(21-22)18(26)27-10-15(23)20-13-5-3-2-4-12(13)17(25)19-11-6-7-11/h2-5,11H,6-10H2,1H3,(H,19,25)(H,20,23). The first-order chi connectivity index (χ1) is 12.9. The van der Waals surface area contributed by atoms with Gasteiger partial charge in [0.2, 0.25) is 5.91 Å². The Bertz CT molecular complexity index is 816. The van der Waals surface area contributed by atoms with Gasteiger partial charge in [-0.2, -0.15) is 5.10 Å². The molecule has 0 spiro atoms. The lowest BCUT2D eigenvalue weighted by Crippen LogP contribution is -2.33. The van der Waals surface area contributed by atoms with Gasteiger partial charge in [0.05, 0.1) is 11.3 Å². The molecule has 2 N–H and O–H groups in total. The summed E-state index contributed by atoms with van der Waals surface area (Å²) in [6.07, 6.45) is 2.26. The topological polar surface area (TPSA) is 117 Å². The van der Waals surface area contributed by atoms with E-state index in [2.05, 4.69) is 15.7 Å². The van der Waals surface area contributed by atoms with E-state index in [1.807, 2.05) is 0 Å². The molecular formula is C18H20N4O5. The number of hydrazone groups is 1. The molecule has 0 radical (unpaired) electrons. The third-order valence-electron chi connectivity index (χ3n) is 4.14. The van der Waals surface area contributed by atoms with E-state index in [1.54, 1.807) is 24.3 Å². The molecule has 1 aliphatic carbocycles. The van der Waals surface area contributed by atoms with Crippen molar-refractivity contribution in [1.82, 2.24) is 10.3 Å². The summed E-state index contributed by atoms with van der Waals surface area (Å²) in [5.74, 6) is -1.76. The van der Waals surface area contributed by atoms with Gasteiger partial charge in [0, 0.05) is 25.9 Å². The van der Waals surface area contributed by atoms with E-state index in [4.69, 9.17) is 4.74 Å². The van der Waals surface area contributed by atoms with Crippen molar-refractivity contribution in [2.24, 2.45) is 5.10 Å². The number of hydrogen-bond acceptors (Lipinski definition) is 6. The quantitative estimate of drug-likeness (QED) is 0.712. The smallest absolute Gasteiger partial charge is 0.355 e. The van der Waals surface area contributed by atoms with Gasteiger partial charge in [0.1, 0.15) is 5.71 Å². The van der Waals surface area contributed by atoms with E-state index in [0.717, 1.165) is 17.9 Å². The Hall–Kier alpha value is -3.23. The number of carbonyl (C=O) groups is 4. The average molecular weight is 372 g/mol. The Morgan fingerprint density at radius 2 is 1.96 bits per heavy atom. The van der Waals surface area contributed by atoms with E-state index in [1.165, 1.54) is 7.05 Å². The lowest BCUT2D eigenvalue weighted by Gasteiger charge is -2.18. The summed E-state index contributed by atoms with van der Waals surface area (Å²) < 4.78 is 4.95. The molecule has 2 aliphatic rings. The summed E-state index contributed by atoms with van der Waals surface area (Å²) in [6, 6.07) is 6.81. The van der Waals surface area contributed by atoms with Crippen LogP contribution in [-0.2, 0) is 19.1 Å². The number of esters is 1. The van der Waals surface area contributed by atoms with Crippen LogP contribution in [0.5, 0.6) is 0 Å². The highest BCUT2D eigenvalue weighted by atomic mass is 16.5. The van der Waals surface area contributed by atoms with Crippen LogP contribution in [0.3, 0.4) is 0 Å². The molecule has 0 bridgehead atoms. The summed E-state index contributed by atoms with van der Waals surface area (Å²) in [4.78, 5) is 47.7. The fourth-order valence-electron chi connectivity index (χ4n) is 2.50. The number of carbonyl (C=O) groups excluding carboxylic acids is 4. The number of hydrogen-bond donors (Lipinski definition) is 2. The Labute approximate surface area is 155 Å². The van der Waals surface area contributed by atoms with Crippen LogP contribution in [0, 0.1) is 0 Å². The zero-order valence-electron chi connectivity index (χ0n) is 14.9. The number of anilines is 1. The Balaban J connectivity index is 1.55. The molecule has 0 aromatic heterocycles. The molecule has 1 saturated carbocycles. The van der Waals surface area contributed by atoms with Gasteiger partial charge in [-0.3, -0.25) is 14.4 Å². The molecular weight excluding hydrogens is 352 g/mol. The van der Waals surface area contributed by atoms with Crippen LogP contribution in [0.15, 0.2) is 29.4 Å². The van der Waals surface area contributed by atoms with Crippen molar-refractivity contribution in [3.63, 3.8) is 0 Å².